The van der Waals surface area contributed by atoms with Crippen LogP contribution in [-0.4, -0.2) is 5.54 Å². The van der Waals surface area contributed by atoms with Crippen LogP contribution >= 0.6 is 0 Å². The monoisotopic (exact) mass is 135 g/mol. The average Bonchev–Trinajstić information content (AvgIpc) is 2.44. The molecule has 0 saturated heterocycles. The van der Waals surface area contributed by atoms with Crippen LogP contribution in [0.3, 0.4) is 0 Å². The van der Waals surface area contributed by atoms with Crippen LogP contribution in [0.15, 0.2) is 0 Å². The predicted octanol–water partition coefficient (Wildman–Crippen LogP) is 1.28. The van der Waals surface area contributed by atoms with Crippen molar-refractivity contribution in [3.63, 3.8) is 0 Å². The summed E-state index contributed by atoms with van der Waals surface area (Å²) in [5.41, 5.74) is 6.27. The minimum absolute atomic E-state index is 0.217. The van der Waals surface area contributed by atoms with E-state index >= 15 is 0 Å². The van der Waals surface area contributed by atoms with Crippen molar-refractivity contribution in [2.45, 2.75) is 37.6 Å². The molecule has 0 heterocycles. The second-order valence-corrected chi connectivity index (χ2v) is 3.53. The van der Waals surface area contributed by atoms with Crippen molar-refractivity contribution in [3.05, 3.63) is 0 Å². The second kappa shape index (κ2) is 2.00. The lowest BCUT2D eigenvalue weighted by Crippen LogP contribution is -2.24. The minimum atomic E-state index is 0.217. The number of hydrogen-bond acceptors (Lipinski definition) is 1. The Hall–Kier alpha value is -0.480. The molecule has 2 rings (SSSR count). The molecular weight excluding hydrogens is 122 g/mol. The first-order valence-corrected chi connectivity index (χ1v) is 4.06. The Balaban J connectivity index is 2.04. The fraction of sp³-hybridized carbons (Fsp3) is 0.778. The molecule has 1 nitrogen and oxygen atoms in total. The van der Waals surface area contributed by atoms with Gasteiger partial charge in [-0.3, -0.25) is 0 Å². The summed E-state index contributed by atoms with van der Waals surface area (Å²) >= 11 is 0. The molecule has 1 saturated carbocycles. The molecule has 1 fully saturated rings. The van der Waals surface area contributed by atoms with Crippen molar-refractivity contribution in [1.82, 2.24) is 0 Å². The van der Waals surface area contributed by atoms with Gasteiger partial charge in [0.25, 0.3) is 0 Å². The lowest BCUT2D eigenvalue weighted by atomic mass is 10.0. The Morgan fingerprint density at radius 2 is 2.10 bits per heavy atom. The van der Waals surface area contributed by atoms with Crippen LogP contribution in [-0.2, 0) is 0 Å². The van der Waals surface area contributed by atoms with Crippen molar-refractivity contribution in [2.75, 3.05) is 0 Å². The molecule has 54 valence electrons. The normalized spacial score (nSPS) is 43.9. The van der Waals surface area contributed by atoms with E-state index in [9.17, 15) is 0 Å². The van der Waals surface area contributed by atoms with E-state index in [4.69, 9.17) is 5.73 Å². The molecule has 1 heteroatoms. The van der Waals surface area contributed by atoms with Crippen molar-refractivity contribution in [3.8, 4) is 11.8 Å². The third-order valence-electron chi connectivity index (χ3n) is 2.74. The van der Waals surface area contributed by atoms with Gasteiger partial charge in [0.2, 0.25) is 0 Å². The van der Waals surface area contributed by atoms with Gasteiger partial charge in [-0.2, -0.15) is 0 Å². The third-order valence-corrected chi connectivity index (χ3v) is 2.74. The molecular formula is C9H13N. The van der Waals surface area contributed by atoms with Crippen LogP contribution in [0, 0.1) is 17.8 Å². The highest BCUT2D eigenvalue weighted by Crippen LogP contribution is 2.47. The zero-order valence-electron chi connectivity index (χ0n) is 6.19. The Labute approximate surface area is 62.0 Å². The van der Waals surface area contributed by atoms with Crippen molar-refractivity contribution >= 4 is 0 Å². The third kappa shape index (κ3) is 0.932. The van der Waals surface area contributed by atoms with Crippen LogP contribution in [0.2, 0.25) is 0 Å². The first kappa shape index (κ1) is 6.24. The molecule has 0 aromatic carbocycles. The molecule has 2 aliphatic carbocycles. The smallest absolute Gasteiger partial charge is 0.0196 e. The Morgan fingerprint density at radius 1 is 1.30 bits per heavy atom. The molecule has 10 heavy (non-hydrogen) atoms. The van der Waals surface area contributed by atoms with Crippen molar-refractivity contribution in [1.29, 1.82) is 0 Å². The fourth-order valence-electron chi connectivity index (χ4n) is 1.81. The summed E-state index contributed by atoms with van der Waals surface area (Å²) in [6.45, 7) is 0. The standard InChI is InChI=1S/C9H13N/c10-9-6-4-2-1-3-5-8(9)7-9/h8H,3-7,10H2. The highest BCUT2D eigenvalue weighted by atomic mass is 14.9. The number of rotatable bonds is 0. The minimum Gasteiger partial charge on any atom is -0.325 e. The van der Waals surface area contributed by atoms with Gasteiger partial charge in [0, 0.05) is 18.4 Å². The summed E-state index contributed by atoms with van der Waals surface area (Å²) in [5, 5.41) is 0. The van der Waals surface area contributed by atoms with Crippen LogP contribution in [0.25, 0.3) is 0 Å². The lowest BCUT2D eigenvalue weighted by molar-refractivity contribution is 0.534. The van der Waals surface area contributed by atoms with Gasteiger partial charge < -0.3 is 5.73 Å². The van der Waals surface area contributed by atoms with Gasteiger partial charge in [-0.1, -0.05) is 0 Å². The van der Waals surface area contributed by atoms with Crippen LogP contribution in [0.5, 0.6) is 0 Å². The van der Waals surface area contributed by atoms with E-state index in [1.165, 1.54) is 12.8 Å². The topological polar surface area (TPSA) is 26.0 Å². The maximum absolute atomic E-state index is 6.05. The van der Waals surface area contributed by atoms with Gasteiger partial charge in [-0.15, -0.1) is 11.8 Å². The average molecular weight is 135 g/mol. The summed E-state index contributed by atoms with van der Waals surface area (Å²) in [7, 11) is 0. The molecule has 2 unspecified atom stereocenters. The zero-order chi connectivity index (χ0) is 7.03. The summed E-state index contributed by atoms with van der Waals surface area (Å²) in [4.78, 5) is 0. The Kier molecular flexibility index (Phi) is 1.25. The van der Waals surface area contributed by atoms with Gasteiger partial charge in [0.05, 0.1) is 0 Å². The SMILES string of the molecule is NC12CCC#CCCC1C2. The van der Waals surface area contributed by atoms with Gasteiger partial charge in [-0.25, -0.2) is 0 Å². The molecule has 0 spiro atoms. The highest BCUT2D eigenvalue weighted by Gasteiger charge is 2.49. The lowest BCUT2D eigenvalue weighted by Gasteiger charge is -2.09. The molecule has 0 radical (unpaired) electrons. The first-order chi connectivity index (χ1) is 4.81. The van der Waals surface area contributed by atoms with Gasteiger partial charge >= 0.3 is 0 Å². The number of hydrogen-bond donors (Lipinski definition) is 1. The van der Waals surface area contributed by atoms with Gasteiger partial charge in [-0.05, 0) is 25.2 Å². The Bertz CT molecular complexity index is 199. The van der Waals surface area contributed by atoms with E-state index in [0.29, 0.717) is 0 Å². The second-order valence-electron chi connectivity index (χ2n) is 3.53. The van der Waals surface area contributed by atoms with Crippen LogP contribution in [0.4, 0.5) is 0 Å². The summed E-state index contributed by atoms with van der Waals surface area (Å²) in [5.74, 6) is 7.10. The fourth-order valence-corrected chi connectivity index (χ4v) is 1.81. The molecule has 0 aromatic rings. The molecule has 0 bridgehead atoms. The van der Waals surface area contributed by atoms with E-state index in [-0.39, 0.29) is 5.54 Å². The van der Waals surface area contributed by atoms with Crippen LogP contribution in [0.1, 0.15) is 32.1 Å². The highest BCUT2D eigenvalue weighted by molar-refractivity contribution is 5.14. The summed E-state index contributed by atoms with van der Waals surface area (Å²) in [6, 6.07) is 0. The number of nitrogens with two attached hydrogens (primary N) is 1. The molecule has 2 N–H and O–H groups in total. The molecule has 0 aliphatic heterocycles. The maximum Gasteiger partial charge on any atom is 0.0196 e. The van der Waals surface area contributed by atoms with E-state index < -0.39 is 0 Å². The van der Waals surface area contributed by atoms with Crippen molar-refractivity contribution < 1.29 is 0 Å². The molecule has 0 aromatic heterocycles. The van der Waals surface area contributed by atoms with E-state index in [1.54, 1.807) is 0 Å². The summed E-state index contributed by atoms with van der Waals surface area (Å²) < 4.78 is 0. The molecule has 2 atom stereocenters. The van der Waals surface area contributed by atoms with Gasteiger partial charge in [0.1, 0.15) is 0 Å². The quantitative estimate of drug-likeness (QED) is 0.497. The first-order valence-electron chi connectivity index (χ1n) is 4.06. The Morgan fingerprint density at radius 3 is 3.00 bits per heavy atom. The summed E-state index contributed by atoms with van der Waals surface area (Å²) in [6.07, 6.45) is 5.71. The molecule has 2 aliphatic rings. The largest absolute Gasteiger partial charge is 0.325 e. The predicted molar refractivity (Wildman–Crippen MR) is 41.3 cm³/mol. The van der Waals surface area contributed by atoms with Crippen LogP contribution < -0.4 is 5.73 Å². The zero-order valence-corrected chi connectivity index (χ0v) is 6.19. The van der Waals surface area contributed by atoms with Gasteiger partial charge in [0.15, 0.2) is 0 Å². The maximum atomic E-state index is 6.05. The number of fused-ring (bicyclic) bond motifs is 1. The van der Waals surface area contributed by atoms with Crippen molar-refractivity contribution in [2.24, 2.45) is 11.7 Å². The van der Waals surface area contributed by atoms with E-state index in [0.717, 1.165) is 25.2 Å². The van der Waals surface area contributed by atoms with E-state index in [1.807, 2.05) is 0 Å². The van der Waals surface area contributed by atoms with E-state index in [2.05, 4.69) is 11.8 Å². The molecule has 0 amide bonds.